The molecule has 0 bridgehead atoms. The Kier molecular flexibility index (Phi) is 4.76. The van der Waals surface area contributed by atoms with Crippen LogP contribution >= 0.6 is 11.6 Å². The fourth-order valence-corrected chi connectivity index (χ4v) is 1.77. The van der Waals surface area contributed by atoms with Crippen LogP contribution in [0.1, 0.15) is 21.8 Å². The molecule has 1 aromatic heterocycles. The van der Waals surface area contributed by atoms with Crippen molar-refractivity contribution in [2.45, 2.75) is 6.92 Å². The number of nitrogens with one attached hydrogen (secondary N) is 1. The summed E-state index contributed by atoms with van der Waals surface area (Å²) >= 11 is 5.84. The summed E-state index contributed by atoms with van der Waals surface area (Å²) in [5.74, 6) is -1.41. The molecule has 0 atom stereocenters. The van der Waals surface area contributed by atoms with Crippen LogP contribution < -0.4 is 5.32 Å². The largest absolute Gasteiger partial charge is 0.450 e. The Hall–Kier alpha value is -2.85. The van der Waals surface area contributed by atoms with Crippen LogP contribution in [0.5, 0.6) is 0 Å². The molecule has 0 saturated carbocycles. The van der Waals surface area contributed by atoms with Gasteiger partial charge in [0, 0.05) is 11.8 Å². The van der Waals surface area contributed by atoms with Gasteiger partial charge in [-0.15, -0.1) is 0 Å². The minimum absolute atomic E-state index is 0.0771. The number of hydrogen-bond acceptors (Lipinski definition) is 6. The molecule has 0 aliphatic rings. The number of aryl methyl sites for hydroxylation is 1. The van der Waals surface area contributed by atoms with E-state index in [9.17, 15) is 9.59 Å². The number of carbonyl (C=O) groups excluding carboxylic acids is 2. The first kappa shape index (κ1) is 15.5. The first-order chi connectivity index (χ1) is 10.5. The monoisotopic (exact) mass is 319 g/mol. The Morgan fingerprint density at radius 3 is 2.82 bits per heavy atom. The SMILES string of the molecule is Cc1cc(C(=O)OCC(=O)Nc2ccc(C#N)c(Cl)c2)on1. The fourth-order valence-electron chi connectivity index (χ4n) is 1.54. The van der Waals surface area contributed by atoms with Gasteiger partial charge in [-0.2, -0.15) is 5.26 Å². The number of aromatic nitrogens is 1. The third-order valence-corrected chi connectivity index (χ3v) is 2.85. The number of rotatable bonds is 4. The second kappa shape index (κ2) is 6.74. The van der Waals surface area contributed by atoms with Gasteiger partial charge >= 0.3 is 5.97 Å². The molecule has 112 valence electrons. The molecule has 7 nitrogen and oxygen atoms in total. The Bertz CT molecular complexity index is 764. The molecule has 0 spiro atoms. The third-order valence-electron chi connectivity index (χ3n) is 2.54. The Labute approximate surface area is 130 Å². The number of carbonyl (C=O) groups is 2. The summed E-state index contributed by atoms with van der Waals surface area (Å²) < 4.78 is 9.49. The predicted molar refractivity (Wildman–Crippen MR) is 76.3 cm³/mol. The van der Waals surface area contributed by atoms with Gasteiger partial charge in [0.25, 0.3) is 5.91 Å². The molecule has 0 unspecified atom stereocenters. The lowest BCUT2D eigenvalue weighted by atomic mass is 10.2. The van der Waals surface area contributed by atoms with Gasteiger partial charge in [-0.1, -0.05) is 16.8 Å². The van der Waals surface area contributed by atoms with Gasteiger partial charge in [0.1, 0.15) is 6.07 Å². The molecule has 1 heterocycles. The van der Waals surface area contributed by atoms with Crippen molar-refractivity contribution in [2.75, 3.05) is 11.9 Å². The molecule has 0 radical (unpaired) electrons. The number of anilines is 1. The van der Waals surface area contributed by atoms with E-state index in [0.717, 1.165) is 0 Å². The average Bonchev–Trinajstić information content (AvgIpc) is 2.91. The number of benzene rings is 1. The lowest BCUT2D eigenvalue weighted by Gasteiger charge is -2.06. The van der Waals surface area contributed by atoms with Crippen LogP contribution in [0.3, 0.4) is 0 Å². The van der Waals surface area contributed by atoms with E-state index >= 15 is 0 Å². The molecular formula is C14H10ClN3O4. The standard InChI is InChI=1S/C14H10ClN3O4/c1-8-4-12(22-18-8)14(20)21-7-13(19)17-10-3-2-9(6-16)11(15)5-10/h2-5H,7H2,1H3,(H,17,19). The normalized spacial score (nSPS) is 9.86. The third kappa shape index (κ3) is 3.84. The van der Waals surface area contributed by atoms with Gasteiger partial charge in [-0.25, -0.2) is 4.79 Å². The number of ether oxygens (including phenoxy) is 1. The highest BCUT2D eigenvalue weighted by atomic mass is 35.5. The van der Waals surface area contributed by atoms with E-state index in [-0.39, 0.29) is 10.8 Å². The van der Waals surface area contributed by atoms with E-state index < -0.39 is 18.5 Å². The molecule has 8 heteroatoms. The lowest BCUT2D eigenvalue weighted by molar-refractivity contribution is -0.119. The zero-order valence-corrected chi connectivity index (χ0v) is 12.2. The predicted octanol–water partition coefficient (Wildman–Crippen LogP) is 2.30. The smallest absolute Gasteiger partial charge is 0.377 e. The van der Waals surface area contributed by atoms with Crippen molar-refractivity contribution >= 4 is 29.2 Å². The summed E-state index contributed by atoms with van der Waals surface area (Å²) in [5, 5.41) is 15.0. The number of nitrogens with zero attached hydrogens (tertiary/aromatic N) is 2. The van der Waals surface area contributed by atoms with Crippen LogP contribution in [-0.2, 0) is 9.53 Å². The Morgan fingerprint density at radius 1 is 1.45 bits per heavy atom. The quantitative estimate of drug-likeness (QED) is 0.867. The summed E-state index contributed by atoms with van der Waals surface area (Å²) in [6.45, 7) is 1.16. The Morgan fingerprint density at radius 2 is 2.23 bits per heavy atom. The van der Waals surface area contributed by atoms with Crippen molar-refractivity contribution in [3.8, 4) is 6.07 Å². The van der Waals surface area contributed by atoms with Crippen molar-refractivity contribution in [1.82, 2.24) is 5.16 Å². The van der Waals surface area contributed by atoms with Gasteiger partial charge < -0.3 is 14.6 Å². The molecule has 1 aromatic carbocycles. The van der Waals surface area contributed by atoms with Crippen molar-refractivity contribution in [3.05, 3.63) is 46.3 Å². The molecule has 0 aliphatic heterocycles. The number of halogens is 1. The molecule has 0 saturated heterocycles. The van der Waals surface area contributed by atoms with Crippen molar-refractivity contribution in [1.29, 1.82) is 5.26 Å². The zero-order chi connectivity index (χ0) is 16.1. The maximum atomic E-state index is 11.7. The fraction of sp³-hybridized carbons (Fsp3) is 0.143. The molecule has 0 fully saturated rings. The Balaban J connectivity index is 1.89. The maximum Gasteiger partial charge on any atom is 0.377 e. The van der Waals surface area contributed by atoms with Gasteiger partial charge in [0.2, 0.25) is 5.76 Å². The molecule has 22 heavy (non-hydrogen) atoms. The number of esters is 1. The molecule has 2 rings (SSSR count). The van der Waals surface area contributed by atoms with Gasteiger partial charge in [-0.3, -0.25) is 4.79 Å². The molecule has 0 aliphatic carbocycles. The van der Waals surface area contributed by atoms with E-state index in [1.807, 2.05) is 6.07 Å². The first-order valence-electron chi connectivity index (χ1n) is 6.09. The van der Waals surface area contributed by atoms with Gasteiger partial charge in [0.15, 0.2) is 6.61 Å². The van der Waals surface area contributed by atoms with E-state index in [0.29, 0.717) is 16.9 Å². The zero-order valence-electron chi connectivity index (χ0n) is 11.4. The second-order valence-electron chi connectivity index (χ2n) is 4.26. The van der Waals surface area contributed by atoms with Crippen molar-refractivity contribution in [2.24, 2.45) is 0 Å². The van der Waals surface area contributed by atoms with Crippen LogP contribution in [0.2, 0.25) is 5.02 Å². The van der Waals surface area contributed by atoms with Crippen LogP contribution in [0.25, 0.3) is 0 Å². The van der Waals surface area contributed by atoms with E-state index in [1.165, 1.54) is 24.3 Å². The summed E-state index contributed by atoms with van der Waals surface area (Å²) in [6, 6.07) is 7.73. The topological polar surface area (TPSA) is 105 Å². The molecular weight excluding hydrogens is 310 g/mol. The van der Waals surface area contributed by atoms with Crippen molar-refractivity contribution < 1.29 is 18.8 Å². The van der Waals surface area contributed by atoms with Crippen LogP contribution in [-0.4, -0.2) is 23.6 Å². The van der Waals surface area contributed by atoms with Crippen LogP contribution in [0.4, 0.5) is 5.69 Å². The first-order valence-corrected chi connectivity index (χ1v) is 6.47. The highest BCUT2D eigenvalue weighted by molar-refractivity contribution is 6.32. The van der Waals surface area contributed by atoms with Gasteiger partial charge in [-0.05, 0) is 25.1 Å². The van der Waals surface area contributed by atoms with E-state index in [2.05, 4.69) is 10.5 Å². The van der Waals surface area contributed by atoms with Crippen LogP contribution in [0.15, 0.2) is 28.8 Å². The number of nitriles is 1. The number of hydrogen-bond donors (Lipinski definition) is 1. The average molecular weight is 320 g/mol. The second-order valence-corrected chi connectivity index (χ2v) is 4.67. The minimum Gasteiger partial charge on any atom is -0.450 e. The lowest BCUT2D eigenvalue weighted by Crippen LogP contribution is -2.20. The summed E-state index contributed by atoms with van der Waals surface area (Å²) in [4.78, 5) is 23.2. The highest BCUT2D eigenvalue weighted by Crippen LogP contribution is 2.20. The van der Waals surface area contributed by atoms with Gasteiger partial charge in [0.05, 0.1) is 16.3 Å². The summed E-state index contributed by atoms with van der Waals surface area (Å²) in [7, 11) is 0. The minimum atomic E-state index is -0.784. The van der Waals surface area contributed by atoms with E-state index in [1.54, 1.807) is 6.92 Å². The summed E-state index contributed by atoms with van der Waals surface area (Å²) in [5.41, 5.74) is 1.22. The van der Waals surface area contributed by atoms with Crippen LogP contribution in [0, 0.1) is 18.3 Å². The van der Waals surface area contributed by atoms with Crippen molar-refractivity contribution in [3.63, 3.8) is 0 Å². The highest BCUT2D eigenvalue weighted by Gasteiger charge is 2.15. The maximum absolute atomic E-state index is 11.7. The molecule has 1 N–H and O–H groups in total. The molecule has 2 aromatic rings. The molecule has 1 amide bonds. The number of amides is 1. The van der Waals surface area contributed by atoms with E-state index in [4.69, 9.17) is 26.1 Å². The summed E-state index contributed by atoms with van der Waals surface area (Å²) in [6.07, 6.45) is 0.